The SMILES string of the molecule is CCC(NC1CCCC(SC)C1)c1ccc(OC)cc1. The molecule has 1 saturated carbocycles. The van der Waals surface area contributed by atoms with Gasteiger partial charge in [0.1, 0.15) is 5.75 Å². The summed E-state index contributed by atoms with van der Waals surface area (Å²) in [5.41, 5.74) is 1.37. The second-order valence-corrected chi connectivity index (χ2v) is 6.76. The van der Waals surface area contributed by atoms with Crippen molar-refractivity contribution < 1.29 is 4.74 Å². The van der Waals surface area contributed by atoms with Crippen LogP contribution >= 0.6 is 11.8 Å². The molecule has 0 spiro atoms. The molecule has 112 valence electrons. The fourth-order valence-corrected chi connectivity index (χ4v) is 3.91. The molecule has 1 aromatic rings. The van der Waals surface area contributed by atoms with Gasteiger partial charge in [-0.15, -0.1) is 0 Å². The number of rotatable bonds is 6. The van der Waals surface area contributed by atoms with E-state index in [9.17, 15) is 0 Å². The van der Waals surface area contributed by atoms with E-state index in [0.717, 1.165) is 17.4 Å². The molecule has 0 heterocycles. The van der Waals surface area contributed by atoms with E-state index in [1.54, 1.807) is 7.11 Å². The molecule has 0 radical (unpaired) electrons. The Morgan fingerprint density at radius 2 is 2.05 bits per heavy atom. The first-order chi connectivity index (χ1) is 9.76. The molecule has 3 unspecified atom stereocenters. The summed E-state index contributed by atoms with van der Waals surface area (Å²) < 4.78 is 5.24. The third kappa shape index (κ3) is 4.16. The first-order valence-electron chi connectivity index (χ1n) is 7.69. The van der Waals surface area contributed by atoms with Crippen LogP contribution in [0.25, 0.3) is 0 Å². The Bertz CT molecular complexity index is 392. The van der Waals surface area contributed by atoms with Crippen LogP contribution in [0.15, 0.2) is 24.3 Å². The highest BCUT2D eigenvalue weighted by Crippen LogP contribution is 2.29. The quantitative estimate of drug-likeness (QED) is 0.839. The van der Waals surface area contributed by atoms with Crippen molar-refractivity contribution in [1.82, 2.24) is 5.32 Å². The predicted molar refractivity (Wildman–Crippen MR) is 88.7 cm³/mol. The summed E-state index contributed by atoms with van der Waals surface area (Å²) in [7, 11) is 1.72. The maximum Gasteiger partial charge on any atom is 0.118 e. The molecule has 3 heteroatoms. The van der Waals surface area contributed by atoms with Gasteiger partial charge in [-0.2, -0.15) is 11.8 Å². The molecule has 0 saturated heterocycles. The summed E-state index contributed by atoms with van der Waals surface area (Å²) in [6.07, 6.45) is 8.76. The molecular weight excluding hydrogens is 266 g/mol. The van der Waals surface area contributed by atoms with Crippen molar-refractivity contribution in [1.29, 1.82) is 0 Å². The summed E-state index contributed by atoms with van der Waals surface area (Å²) in [5.74, 6) is 0.934. The number of ether oxygens (including phenoxy) is 1. The molecule has 0 bridgehead atoms. The van der Waals surface area contributed by atoms with Crippen molar-refractivity contribution in [3.05, 3.63) is 29.8 Å². The molecule has 0 amide bonds. The van der Waals surface area contributed by atoms with E-state index in [1.807, 2.05) is 11.8 Å². The van der Waals surface area contributed by atoms with Crippen molar-refractivity contribution in [2.24, 2.45) is 0 Å². The fourth-order valence-electron chi connectivity index (χ4n) is 3.08. The van der Waals surface area contributed by atoms with E-state index < -0.39 is 0 Å². The average Bonchev–Trinajstić information content (AvgIpc) is 2.53. The van der Waals surface area contributed by atoms with Crippen LogP contribution in [0.2, 0.25) is 0 Å². The highest BCUT2D eigenvalue weighted by Gasteiger charge is 2.23. The van der Waals surface area contributed by atoms with E-state index in [4.69, 9.17) is 4.74 Å². The Balaban J connectivity index is 1.97. The van der Waals surface area contributed by atoms with Crippen molar-refractivity contribution in [2.75, 3.05) is 13.4 Å². The van der Waals surface area contributed by atoms with Gasteiger partial charge in [0.05, 0.1) is 7.11 Å². The third-order valence-corrected chi connectivity index (χ3v) is 5.42. The monoisotopic (exact) mass is 293 g/mol. The molecule has 2 nitrogen and oxygen atoms in total. The summed E-state index contributed by atoms with van der Waals surface area (Å²) in [4.78, 5) is 0. The first kappa shape index (κ1) is 15.7. The van der Waals surface area contributed by atoms with Crippen LogP contribution in [0.5, 0.6) is 5.75 Å². The Kier molecular flexibility index (Phi) is 6.24. The van der Waals surface area contributed by atoms with Gasteiger partial charge < -0.3 is 10.1 Å². The Morgan fingerprint density at radius 3 is 2.65 bits per heavy atom. The minimum atomic E-state index is 0.464. The molecule has 0 aliphatic heterocycles. The van der Waals surface area contributed by atoms with Crippen molar-refractivity contribution >= 4 is 11.8 Å². The molecule has 2 rings (SSSR count). The molecule has 3 atom stereocenters. The fraction of sp³-hybridized carbons (Fsp3) is 0.647. The Morgan fingerprint density at radius 1 is 1.30 bits per heavy atom. The minimum Gasteiger partial charge on any atom is -0.497 e. The van der Waals surface area contributed by atoms with Gasteiger partial charge >= 0.3 is 0 Å². The molecule has 1 aliphatic rings. The number of thioether (sulfide) groups is 1. The van der Waals surface area contributed by atoms with Crippen LogP contribution in [-0.4, -0.2) is 24.7 Å². The lowest BCUT2D eigenvalue weighted by Gasteiger charge is -2.32. The normalized spacial score (nSPS) is 24.4. The van der Waals surface area contributed by atoms with Crippen molar-refractivity contribution in [3.8, 4) is 5.75 Å². The molecule has 1 N–H and O–H groups in total. The van der Waals surface area contributed by atoms with Crippen LogP contribution in [-0.2, 0) is 0 Å². The van der Waals surface area contributed by atoms with Gasteiger partial charge in [0.2, 0.25) is 0 Å². The van der Waals surface area contributed by atoms with Gasteiger partial charge in [0.25, 0.3) is 0 Å². The molecular formula is C17H27NOS. The topological polar surface area (TPSA) is 21.3 Å². The van der Waals surface area contributed by atoms with E-state index in [1.165, 1.54) is 31.2 Å². The standard InChI is InChI=1S/C17H27NOS/c1-4-17(13-8-10-15(19-2)11-9-13)18-14-6-5-7-16(12-14)20-3/h8-11,14,16-18H,4-7,12H2,1-3H3. The van der Waals surface area contributed by atoms with E-state index >= 15 is 0 Å². The summed E-state index contributed by atoms with van der Waals surface area (Å²) in [6, 6.07) is 9.64. The van der Waals surface area contributed by atoms with E-state index in [0.29, 0.717) is 12.1 Å². The molecule has 1 aromatic carbocycles. The van der Waals surface area contributed by atoms with Gasteiger partial charge in [-0.25, -0.2) is 0 Å². The minimum absolute atomic E-state index is 0.464. The van der Waals surface area contributed by atoms with Gasteiger partial charge in [-0.3, -0.25) is 0 Å². The van der Waals surface area contributed by atoms with Gasteiger partial charge in [0, 0.05) is 17.3 Å². The van der Waals surface area contributed by atoms with Gasteiger partial charge in [-0.05, 0) is 49.6 Å². The second kappa shape index (κ2) is 7.94. The predicted octanol–water partition coefficient (Wildman–Crippen LogP) is 4.41. The highest BCUT2D eigenvalue weighted by atomic mass is 32.2. The zero-order valence-corrected chi connectivity index (χ0v) is 13.7. The van der Waals surface area contributed by atoms with Crippen LogP contribution in [0, 0.1) is 0 Å². The third-order valence-electron chi connectivity index (χ3n) is 4.32. The number of nitrogens with one attached hydrogen (secondary N) is 1. The van der Waals surface area contributed by atoms with E-state index in [-0.39, 0.29) is 0 Å². The Labute approximate surface area is 127 Å². The largest absolute Gasteiger partial charge is 0.497 e. The molecule has 1 fully saturated rings. The van der Waals surface area contributed by atoms with Crippen LogP contribution in [0.3, 0.4) is 0 Å². The summed E-state index contributed by atoms with van der Waals surface area (Å²) in [6.45, 7) is 2.26. The molecule has 0 aromatic heterocycles. The Hall–Kier alpha value is -0.670. The molecule has 1 aliphatic carbocycles. The van der Waals surface area contributed by atoms with Crippen molar-refractivity contribution in [3.63, 3.8) is 0 Å². The lowest BCUT2D eigenvalue weighted by molar-refractivity contribution is 0.339. The number of methoxy groups -OCH3 is 1. The number of hydrogen-bond donors (Lipinski definition) is 1. The number of benzene rings is 1. The molecule has 20 heavy (non-hydrogen) atoms. The van der Waals surface area contributed by atoms with E-state index in [2.05, 4.69) is 42.8 Å². The highest BCUT2D eigenvalue weighted by molar-refractivity contribution is 7.99. The van der Waals surface area contributed by atoms with Crippen LogP contribution in [0.1, 0.15) is 50.6 Å². The van der Waals surface area contributed by atoms with Crippen LogP contribution in [0.4, 0.5) is 0 Å². The number of hydrogen-bond acceptors (Lipinski definition) is 3. The van der Waals surface area contributed by atoms with Gasteiger partial charge in [-0.1, -0.05) is 25.5 Å². The summed E-state index contributed by atoms with van der Waals surface area (Å²) >= 11 is 2.03. The van der Waals surface area contributed by atoms with Crippen molar-refractivity contribution in [2.45, 2.75) is 56.4 Å². The average molecular weight is 293 g/mol. The lowest BCUT2D eigenvalue weighted by atomic mass is 9.93. The second-order valence-electron chi connectivity index (χ2n) is 5.62. The zero-order valence-electron chi connectivity index (χ0n) is 12.9. The lowest BCUT2D eigenvalue weighted by Crippen LogP contribution is -2.37. The maximum absolute atomic E-state index is 5.24. The summed E-state index contributed by atoms with van der Waals surface area (Å²) in [5, 5.41) is 4.71. The smallest absolute Gasteiger partial charge is 0.118 e. The van der Waals surface area contributed by atoms with Gasteiger partial charge in [0.15, 0.2) is 0 Å². The first-order valence-corrected chi connectivity index (χ1v) is 8.98. The zero-order chi connectivity index (χ0) is 14.4. The maximum atomic E-state index is 5.24. The van der Waals surface area contributed by atoms with Crippen LogP contribution < -0.4 is 10.1 Å².